The highest BCUT2D eigenvalue weighted by Gasteiger charge is 2.65. The Morgan fingerprint density at radius 1 is 1.22 bits per heavy atom. The molecule has 6 nitrogen and oxygen atoms in total. The van der Waals surface area contributed by atoms with Crippen molar-refractivity contribution in [3.05, 3.63) is 58.9 Å². The van der Waals surface area contributed by atoms with Gasteiger partial charge in [0.1, 0.15) is 11.8 Å². The van der Waals surface area contributed by atoms with Gasteiger partial charge in [-0.2, -0.15) is 13.2 Å². The third-order valence-electron chi connectivity index (χ3n) is 5.95. The molecule has 1 aliphatic rings. The number of alkyl halides is 3. The maximum Gasteiger partial charge on any atom is 0.417 e. The zero-order valence-corrected chi connectivity index (χ0v) is 17.3. The van der Waals surface area contributed by atoms with Crippen LogP contribution in [0.1, 0.15) is 41.4 Å². The number of amides is 2. The number of nitrogens with two attached hydrogens (primary N) is 1. The van der Waals surface area contributed by atoms with Gasteiger partial charge >= 0.3 is 6.18 Å². The Bertz CT molecular complexity index is 1080. The molecular weight excluding hydrogens is 437 g/mol. The van der Waals surface area contributed by atoms with E-state index in [4.69, 9.17) is 10.5 Å². The van der Waals surface area contributed by atoms with E-state index >= 15 is 0 Å². The Balaban J connectivity index is 2.05. The molecule has 4 atom stereocenters. The van der Waals surface area contributed by atoms with Crippen LogP contribution in [-0.4, -0.2) is 34.7 Å². The highest BCUT2D eigenvalue weighted by Crippen LogP contribution is 2.54. The van der Waals surface area contributed by atoms with Gasteiger partial charge in [0, 0.05) is 23.7 Å². The van der Waals surface area contributed by atoms with Gasteiger partial charge in [0.05, 0.1) is 0 Å². The minimum Gasteiger partial charge on any atom is -0.364 e. The number of anilines is 1. The topological polar surface area (TPSA) is 94.3 Å². The van der Waals surface area contributed by atoms with Crippen molar-refractivity contribution in [2.75, 3.05) is 5.32 Å². The number of pyridine rings is 1. The average molecular weight is 457 g/mol. The van der Waals surface area contributed by atoms with Gasteiger partial charge in [-0.3, -0.25) is 14.6 Å². The van der Waals surface area contributed by atoms with E-state index in [0.717, 1.165) is 25.1 Å². The first-order valence-corrected chi connectivity index (χ1v) is 9.53. The normalized spacial score (nSPS) is 25.6. The molecule has 1 aromatic carbocycles. The van der Waals surface area contributed by atoms with Crippen molar-refractivity contribution >= 4 is 17.5 Å². The molecule has 1 aromatic heterocycles. The lowest BCUT2D eigenvalue weighted by molar-refractivity contribution is -0.272. The van der Waals surface area contributed by atoms with Crippen LogP contribution in [0.4, 0.5) is 27.6 Å². The number of rotatable bonds is 4. The largest absolute Gasteiger partial charge is 0.417 e. The number of halogens is 5. The van der Waals surface area contributed by atoms with E-state index in [1.165, 1.54) is 26.1 Å². The summed E-state index contributed by atoms with van der Waals surface area (Å²) in [6.45, 7) is 3.27. The van der Waals surface area contributed by atoms with Crippen LogP contribution in [-0.2, 0) is 9.53 Å². The zero-order valence-electron chi connectivity index (χ0n) is 17.3. The minimum atomic E-state index is -4.85. The van der Waals surface area contributed by atoms with Crippen molar-refractivity contribution in [1.29, 1.82) is 0 Å². The second-order valence-corrected chi connectivity index (χ2v) is 7.82. The molecule has 0 spiro atoms. The second-order valence-electron chi connectivity index (χ2n) is 7.82. The summed E-state index contributed by atoms with van der Waals surface area (Å²) in [6.07, 6.45) is -5.35. The molecule has 11 heteroatoms. The van der Waals surface area contributed by atoms with Gasteiger partial charge < -0.3 is 15.8 Å². The summed E-state index contributed by atoms with van der Waals surface area (Å²) in [5.74, 6) is -6.76. The molecule has 3 N–H and O–H groups in total. The Labute approximate surface area is 180 Å². The second kappa shape index (κ2) is 8.12. The fraction of sp³-hybridized carbons (Fsp3) is 0.381. The fourth-order valence-corrected chi connectivity index (χ4v) is 3.91. The molecule has 0 unspecified atom stereocenters. The number of carbonyl (C=O) groups excluding carboxylic acids is 2. The van der Waals surface area contributed by atoms with Crippen molar-refractivity contribution in [1.82, 2.24) is 4.98 Å². The molecule has 1 fully saturated rings. The number of primary amides is 1. The maximum atomic E-state index is 14.2. The van der Waals surface area contributed by atoms with E-state index in [2.05, 4.69) is 10.3 Å². The first-order chi connectivity index (χ1) is 14.8. The molecule has 1 aliphatic heterocycles. The third-order valence-corrected chi connectivity index (χ3v) is 5.95. The standard InChI is InChI=1S/C21H20F5N3O3/c1-9-12(4-5-13(22)16(9)23)15-10(2)20(3,21(24,25)26)32-17(15)19(31)29-11-6-7-28-14(8-11)18(27)30/h4-8,10,15,17H,1-3H3,(H2,27,30)(H,28,29,31)/t10-,15+,17-,20+/m0/s1. The number of aromatic nitrogens is 1. The Hall–Kier alpha value is -3.08. The summed E-state index contributed by atoms with van der Waals surface area (Å²) in [7, 11) is 0. The summed E-state index contributed by atoms with van der Waals surface area (Å²) in [4.78, 5) is 28.0. The van der Waals surface area contributed by atoms with Crippen molar-refractivity contribution in [2.24, 2.45) is 11.7 Å². The lowest BCUT2D eigenvalue weighted by atomic mass is 9.76. The van der Waals surface area contributed by atoms with E-state index in [1.807, 2.05) is 0 Å². The minimum absolute atomic E-state index is 0.0251. The van der Waals surface area contributed by atoms with Crippen LogP contribution >= 0.6 is 0 Å². The van der Waals surface area contributed by atoms with E-state index in [1.54, 1.807) is 0 Å². The third kappa shape index (κ3) is 3.92. The number of ether oxygens (including phenoxy) is 1. The Morgan fingerprint density at radius 3 is 2.47 bits per heavy atom. The summed E-state index contributed by atoms with van der Waals surface area (Å²) in [5, 5.41) is 2.39. The van der Waals surface area contributed by atoms with Gasteiger partial charge in [0.2, 0.25) is 0 Å². The monoisotopic (exact) mass is 457 g/mol. The smallest absolute Gasteiger partial charge is 0.364 e. The first kappa shape index (κ1) is 23.6. The Morgan fingerprint density at radius 2 is 1.88 bits per heavy atom. The summed E-state index contributed by atoms with van der Waals surface area (Å²) < 4.78 is 74.7. The number of hydrogen-bond acceptors (Lipinski definition) is 4. The molecule has 172 valence electrons. The van der Waals surface area contributed by atoms with Gasteiger partial charge in [0.25, 0.3) is 11.8 Å². The van der Waals surface area contributed by atoms with Gasteiger partial charge in [-0.1, -0.05) is 13.0 Å². The summed E-state index contributed by atoms with van der Waals surface area (Å²) >= 11 is 0. The molecule has 0 bridgehead atoms. The molecule has 2 heterocycles. The molecule has 0 aliphatic carbocycles. The number of carbonyl (C=O) groups is 2. The number of nitrogens with zero attached hydrogens (tertiary/aromatic N) is 1. The highest BCUT2D eigenvalue weighted by atomic mass is 19.4. The molecule has 0 saturated carbocycles. The predicted octanol–water partition coefficient (Wildman–Crippen LogP) is 3.85. The lowest BCUT2D eigenvalue weighted by Crippen LogP contribution is -2.47. The average Bonchev–Trinajstić information content (AvgIpc) is 2.99. The van der Waals surface area contributed by atoms with Crippen molar-refractivity contribution in [3.63, 3.8) is 0 Å². The molecule has 2 aromatic rings. The Kier molecular flexibility index (Phi) is 5.98. The van der Waals surface area contributed by atoms with Crippen molar-refractivity contribution < 1.29 is 36.3 Å². The first-order valence-electron chi connectivity index (χ1n) is 9.53. The molecule has 0 radical (unpaired) electrons. The van der Waals surface area contributed by atoms with Crippen LogP contribution in [0.2, 0.25) is 0 Å². The van der Waals surface area contributed by atoms with Gasteiger partial charge in [-0.15, -0.1) is 0 Å². The fourth-order valence-electron chi connectivity index (χ4n) is 3.91. The summed E-state index contributed by atoms with van der Waals surface area (Å²) in [6, 6.07) is 4.41. The highest BCUT2D eigenvalue weighted by molar-refractivity contribution is 5.97. The predicted molar refractivity (Wildman–Crippen MR) is 104 cm³/mol. The van der Waals surface area contributed by atoms with Crippen LogP contribution in [0, 0.1) is 24.5 Å². The lowest BCUT2D eigenvalue weighted by Gasteiger charge is -2.32. The number of nitrogens with one attached hydrogen (secondary N) is 1. The van der Waals surface area contributed by atoms with E-state index in [0.29, 0.717) is 0 Å². The van der Waals surface area contributed by atoms with Crippen LogP contribution in [0.5, 0.6) is 0 Å². The van der Waals surface area contributed by atoms with Crippen molar-refractivity contribution in [3.8, 4) is 0 Å². The van der Waals surface area contributed by atoms with Gasteiger partial charge in [-0.05, 0) is 43.2 Å². The zero-order chi connectivity index (χ0) is 24.0. The molecule has 3 rings (SSSR count). The van der Waals surface area contributed by atoms with E-state index in [-0.39, 0.29) is 22.5 Å². The SMILES string of the molecule is Cc1c([C@@H]2[C@@H](C(=O)Nc3ccnc(C(N)=O)c3)O[C@@](C)(C(F)(F)F)[C@H]2C)ccc(F)c1F. The van der Waals surface area contributed by atoms with Crippen LogP contribution in [0.3, 0.4) is 0 Å². The summed E-state index contributed by atoms with van der Waals surface area (Å²) in [5.41, 5.74) is 2.11. The molecule has 32 heavy (non-hydrogen) atoms. The van der Waals surface area contributed by atoms with Crippen LogP contribution < -0.4 is 11.1 Å². The quantitative estimate of drug-likeness (QED) is 0.682. The number of hydrogen-bond donors (Lipinski definition) is 2. The van der Waals surface area contributed by atoms with Crippen molar-refractivity contribution in [2.45, 2.75) is 44.6 Å². The molecule has 1 saturated heterocycles. The van der Waals surface area contributed by atoms with Crippen LogP contribution in [0.25, 0.3) is 0 Å². The molecule has 2 amide bonds. The molecular formula is C21H20F5N3O3. The van der Waals surface area contributed by atoms with Gasteiger partial charge in [-0.25, -0.2) is 8.78 Å². The maximum absolute atomic E-state index is 14.2. The van der Waals surface area contributed by atoms with E-state index < -0.39 is 53.2 Å². The van der Waals surface area contributed by atoms with Crippen LogP contribution in [0.15, 0.2) is 30.5 Å². The van der Waals surface area contributed by atoms with Gasteiger partial charge in [0.15, 0.2) is 17.2 Å². The number of benzene rings is 1. The van der Waals surface area contributed by atoms with E-state index in [9.17, 15) is 31.5 Å².